The Bertz CT molecular complexity index is 548. The summed E-state index contributed by atoms with van der Waals surface area (Å²) in [6.45, 7) is 4.64. The van der Waals surface area contributed by atoms with Crippen molar-refractivity contribution in [3.8, 4) is 0 Å². The van der Waals surface area contributed by atoms with Crippen LogP contribution in [0.4, 0.5) is 0 Å². The van der Waals surface area contributed by atoms with Crippen LogP contribution in [0.3, 0.4) is 0 Å². The Morgan fingerprint density at radius 2 is 1.91 bits per heavy atom. The van der Waals surface area contributed by atoms with E-state index in [0.29, 0.717) is 17.3 Å². The number of rotatable bonds is 6. The number of aliphatic hydroxyl groups is 4. The Labute approximate surface area is 137 Å². The maximum atomic E-state index is 10.6. The maximum absolute atomic E-state index is 10.6. The van der Waals surface area contributed by atoms with Crippen molar-refractivity contribution in [1.82, 2.24) is 0 Å². The second-order valence-corrected chi connectivity index (χ2v) is 7.11. The largest absolute Gasteiger partial charge is 0.466 e. The van der Waals surface area contributed by atoms with Gasteiger partial charge in [0.1, 0.15) is 34.9 Å². The number of nitrogens with zero attached hydrogens (tertiary/aromatic N) is 1. The van der Waals surface area contributed by atoms with E-state index in [1.807, 2.05) is 0 Å². The van der Waals surface area contributed by atoms with Gasteiger partial charge in [0.25, 0.3) is 0 Å². The van der Waals surface area contributed by atoms with Gasteiger partial charge in [0.05, 0.1) is 6.61 Å². The average Bonchev–Trinajstić information content (AvgIpc) is 2.44. The molecule has 1 rings (SSSR count). The Morgan fingerprint density at radius 3 is 2.39 bits per heavy atom. The predicted molar refractivity (Wildman–Crippen MR) is 80.9 cm³/mol. The van der Waals surface area contributed by atoms with E-state index in [2.05, 4.69) is 16.0 Å². The minimum absolute atomic E-state index is 0.0144. The molecule has 0 aromatic heterocycles. The van der Waals surface area contributed by atoms with Gasteiger partial charge in [-0.05, 0) is 6.92 Å². The van der Waals surface area contributed by atoms with Crippen molar-refractivity contribution in [1.29, 1.82) is 0 Å². The fourth-order valence-corrected chi connectivity index (χ4v) is 3.15. The highest BCUT2D eigenvalue weighted by atomic mass is 32.3. The number of aliphatic hydroxyl groups excluding tert-OH is 4. The number of ether oxygens (including phenoxy) is 1. The monoisotopic (exact) mass is 373 g/mol. The number of thioether (sulfide) groups is 1. The van der Waals surface area contributed by atoms with E-state index in [4.69, 9.17) is 14.4 Å². The molecule has 5 N–H and O–H groups in total. The summed E-state index contributed by atoms with van der Waals surface area (Å²) in [5.74, 6) is 0. The Hall–Kier alpha value is -0.730. The molecule has 0 aromatic rings. The van der Waals surface area contributed by atoms with E-state index >= 15 is 0 Å². The van der Waals surface area contributed by atoms with E-state index in [1.165, 1.54) is 0 Å². The summed E-state index contributed by atoms with van der Waals surface area (Å²) >= 11 is 0.702. The molecule has 134 valence electrons. The van der Waals surface area contributed by atoms with Crippen LogP contribution in [0.1, 0.15) is 13.3 Å². The first-order valence-electron chi connectivity index (χ1n) is 6.39. The summed E-state index contributed by atoms with van der Waals surface area (Å²) < 4.78 is 38.9. The Morgan fingerprint density at radius 1 is 1.30 bits per heavy atom. The second-order valence-electron chi connectivity index (χ2n) is 4.94. The number of hydrogen-bond donors (Lipinski definition) is 5. The lowest BCUT2D eigenvalue weighted by Gasteiger charge is -2.39. The molecular formula is C11H19NO9S2. The molecular weight excluding hydrogens is 354 g/mol. The molecule has 0 amide bonds. The van der Waals surface area contributed by atoms with E-state index in [1.54, 1.807) is 6.92 Å². The first-order valence-corrected chi connectivity index (χ1v) is 8.64. The first-order chi connectivity index (χ1) is 10.5. The van der Waals surface area contributed by atoms with Gasteiger partial charge in [-0.25, -0.2) is 4.28 Å². The molecule has 5 atom stereocenters. The minimum Gasteiger partial charge on any atom is -0.394 e. The normalized spacial score (nSPS) is 32.6. The lowest BCUT2D eigenvalue weighted by Crippen LogP contribution is -2.57. The molecule has 1 heterocycles. The fraction of sp³-hybridized carbons (Fsp3) is 0.727. The second kappa shape index (κ2) is 8.39. The molecule has 0 aromatic carbocycles. The van der Waals surface area contributed by atoms with Crippen LogP contribution in [0.25, 0.3) is 0 Å². The van der Waals surface area contributed by atoms with Crippen molar-refractivity contribution < 1.29 is 42.4 Å². The number of allylic oxidation sites excluding steroid dienone is 1. The highest BCUT2D eigenvalue weighted by Gasteiger charge is 2.44. The topological polar surface area (TPSA) is 166 Å². The van der Waals surface area contributed by atoms with Crippen LogP contribution in [-0.2, 0) is 19.4 Å². The van der Waals surface area contributed by atoms with Crippen molar-refractivity contribution in [2.75, 3.05) is 6.61 Å². The van der Waals surface area contributed by atoms with Gasteiger partial charge in [-0.15, -0.1) is 0 Å². The van der Waals surface area contributed by atoms with Crippen molar-refractivity contribution in [3.05, 3.63) is 12.2 Å². The first kappa shape index (κ1) is 20.3. The van der Waals surface area contributed by atoms with E-state index in [0.717, 1.165) is 0 Å². The quantitative estimate of drug-likeness (QED) is 0.123. The van der Waals surface area contributed by atoms with Crippen molar-refractivity contribution in [2.24, 2.45) is 5.16 Å². The maximum Gasteiger partial charge on any atom is 0.466 e. The van der Waals surface area contributed by atoms with Crippen LogP contribution in [0, 0.1) is 0 Å². The van der Waals surface area contributed by atoms with Gasteiger partial charge in [-0.1, -0.05) is 29.1 Å². The third-order valence-electron chi connectivity index (χ3n) is 2.79. The van der Waals surface area contributed by atoms with Gasteiger partial charge in [-0.2, -0.15) is 8.42 Å². The summed E-state index contributed by atoms with van der Waals surface area (Å²) in [6.07, 6.45) is -5.68. The SMILES string of the molecule is C=C(C)CC(=NOS(=O)(=O)O)SC1OC(CO)C(O)C(O)C1O. The molecule has 1 saturated heterocycles. The smallest absolute Gasteiger partial charge is 0.394 e. The third-order valence-corrected chi connectivity index (χ3v) is 4.16. The van der Waals surface area contributed by atoms with E-state index in [9.17, 15) is 23.7 Å². The molecule has 0 saturated carbocycles. The molecule has 0 aliphatic carbocycles. The van der Waals surface area contributed by atoms with Gasteiger partial charge in [0.2, 0.25) is 0 Å². The summed E-state index contributed by atoms with van der Waals surface area (Å²) in [5.41, 5.74) is -0.589. The molecule has 0 bridgehead atoms. The molecule has 23 heavy (non-hydrogen) atoms. The average molecular weight is 373 g/mol. The lowest BCUT2D eigenvalue weighted by atomic mass is 10.0. The van der Waals surface area contributed by atoms with Crippen LogP contribution in [0.2, 0.25) is 0 Å². The zero-order valence-corrected chi connectivity index (χ0v) is 13.8. The Balaban J connectivity index is 2.90. The molecule has 1 aliphatic heterocycles. The van der Waals surface area contributed by atoms with Gasteiger partial charge in [0.15, 0.2) is 0 Å². The zero-order chi connectivity index (χ0) is 17.8. The van der Waals surface area contributed by atoms with E-state index < -0.39 is 46.9 Å². The van der Waals surface area contributed by atoms with Crippen molar-refractivity contribution >= 4 is 27.2 Å². The third kappa shape index (κ3) is 6.35. The fourth-order valence-electron chi connectivity index (χ4n) is 1.74. The molecule has 1 aliphatic rings. The van der Waals surface area contributed by atoms with Gasteiger partial charge >= 0.3 is 10.4 Å². The van der Waals surface area contributed by atoms with Gasteiger partial charge < -0.3 is 25.2 Å². The summed E-state index contributed by atoms with van der Waals surface area (Å²) in [7, 11) is -4.81. The van der Waals surface area contributed by atoms with Gasteiger partial charge in [0, 0.05) is 6.42 Å². The standard InChI is InChI=1S/C11H19NO9S2/c1-5(2)3-7(12-21-23(17,18)19)22-11-10(16)9(15)8(14)6(4-13)20-11/h6,8-11,13-16H,1,3-4H2,2H3,(H,17,18,19). The van der Waals surface area contributed by atoms with Crippen LogP contribution in [-0.4, -0.2) is 74.9 Å². The number of hydrogen-bond acceptors (Lipinski definition) is 10. The number of oxime groups is 1. The molecule has 0 spiro atoms. The molecule has 10 nitrogen and oxygen atoms in total. The van der Waals surface area contributed by atoms with Crippen LogP contribution in [0.15, 0.2) is 17.3 Å². The minimum atomic E-state index is -4.81. The summed E-state index contributed by atoms with van der Waals surface area (Å²) in [4.78, 5) is 0. The molecule has 0 radical (unpaired) electrons. The molecule has 12 heteroatoms. The lowest BCUT2D eigenvalue weighted by molar-refractivity contribution is -0.205. The zero-order valence-electron chi connectivity index (χ0n) is 12.1. The van der Waals surface area contributed by atoms with Crippen LogP contribution in [0.5, 0.6) is 0 Å². The van der Waals surface area contributed by atoms with Crippen molar-refractivity contribution in [3.63, 3.8) is 0 Å². The van der Waals surface area contributed by atoms with Gasteiger partial charge in [-0.3, -0.25) is 4.55 Å². The molecule has 1 fully saturated rings. The van der Waals surface area contributed by atoms with Crippen LogP contribution < -0.4 is 0 Å². The molecule has 5 unspecified atom stereocenters. The Kier molecular flexibility index (Phi) is 7.41. The van der Waals surface area contributed by atoms with E-state index in [-0.39, 0.29) is 11.5 Å². The van der Waals surface area contributed by atoms with Crippen molar-refractivity contribution in [2.45, 2.75) is 43.2 Å². The highest BCUT2D eigenvalue weighted by Crippen LogP contribution is 2.30. The highest BCUT2D eigenvalue weighted by molar-refractivity contribution is 8.14. The predicted octanol–water partition coefficient (Wildman–Crippen LogP) is -1.38. The summed E-state index contributed by atoms with van der Waals surface area (Å²) in [5, 5.41) is 41.6. The van der Waals surface area contributed by atoms with Crippen LogP contribution >= 0.6 is 11.8 Å². The summed E-state index contributed by atoms with van der Waals surface area (Å²) in [6, 6.07) is 0.